The first-order valence-electron chi connectivity index (χ1n) is 19.5. The zero-order chi connectivity index (χ0) is 37.5. The van der Waals surface area contributed by atoms with Crippen LogP contribution in [0, 0.1) is 5.92 Å². The lowest BCUT2D eigenvalue weighted by molar-refractivity contribution is 0.244. The largest absolute Gasteiger partial charge is 0.485 e. The Morgan fingerprint density at radius 3 is 2.23 bits per heavy atom. The lowest BCUT2D eigenvalue weighted by Crippen LogP contribution is -2.27. The van der Waals surface area contributed by atoms with Crippen LogP contribution >= 0.6 is 11.3 Å². The van der Waals surface area contributed by atoms with E-state index in [2.05, 4.69) is 163 Å². The highest BCUT2D eigenvalue weighted by Crippen LogP contribution is 2.56. The Kier molecular flexibility index (Phi) is 7.29. The van der Waals surface area contributed by atoms with Crippen LogP contribution in [0.3, 0.4) is 0 Å². The highest BCUT2D eigenvalue weighted by molar-refractivity contribution is 7.25. The predicted molar refractivity (Wildman–Crippen MR) is 232 cm³/mol. The number of allylic oxidation sites excluding steroid dienone is 5. The minimum Gasteiger partial charge on any atom is -0.485 e. The summed E-state index contributed by atoms with van der Waals surface area (Å²) in [6.45, 7) is 0. The number of ether oxygens (including phenoxy) is 1. The summed E-state index contributed by atoms with van der Waals surface area (Å²) in [6.07, 6.45) is 12.2. The fourth-order valence-corrected chi connectivity index (χ4v) is 10.4. The maximum absolute atomic E-state index is 7.06. The van der Waals surface area contributed by atoms with Crippen LogP contribution in [0.25, 0.3) is 65.5 Å². The van der Waals surface area contributed by atoms with Crippen molar-refractivity contribution in [3.63, 3.8) is 0 Å². The van der Waals surface area contributed by atoms with Gasteiger partial charge in [0.2, 0.25) is 0 Å². The summed E-state index contributed by atoms with van der Waals surface area (Å²) in [5.74, 6) is 3.07. The van der Waals surface area contributed by atoms with E-state index in [-0.39, 0.29) is 17.9 Å². The molecule has 6 heteroatoms. The van der Waals surface area contributed by atoms with Gasteiger partial charge in [-0.15, -0.1) is 11.3 Å². The van der Waals surface area contributed by atoms with Crippen molar-refractivity contribution in [1.29, 1.82) is 0 Å². The molecular formula is C51H34N4OS. The second-order valence-electron chi connectivity index (χ2n) is 15.0. The highest BCUT2D eigenvalue weighted by Gasteiger charge is 2.48. The molecule has 4 aliphatic rings. The SMILES string of the molecule is C1=CCC2C(=C1)N(c1cccc(-c3ccccc3)c1)C1=C2C2Oc3cccc(-c4nc(-c5ccccc5)nc(-c5ccc6c(c5)sc5ccccc56)n4)c3C2C=C1. The molecule has 270 valence electrons. The molecule has 57 heavy (non-hydrogen) atoms. The Hall–Kier alpha value is -6.89. The molecule has 3 atom stereocenters. The minimum atomic E-state index is -0.145. The van der Waals surface area contributed by atoms with Crippen molar-refractivity contribution < 1.29 is 4.74 Å². The van der Waals surface area contributed by atoms with Crippen molar-refractivity contribution in [3.8, 4) is 51.0 Å². The maximum Gasteiger partial charge on any atom is 0.164 e. The van der Waals surface area contributed by atoms with Crippen molar-refractivity contribution in [2.45, 2.75) is 18.4 Å². The van der Waals surface area contributed by atoms with E-state index in [1.54, 1.807) is 11.3 Å². The van der Waals surface area contributed by atoms with Gasteiger partial charge in [0.25, 0.3) is 0 Å². The first-order chi connectivity index (χ1) is 28.2. The minimum absolute atomic E-state index is 0.00741. The van der Waals surface area contributed by atoms with Crippen LogP contribution in [0.2, 0.25) is 0 Å². The van der Waals surface area contributed by atoms with Gasteiger partial charge in [-0.3, -0.25) is 0 Å². The number of thiophene rings is 1. The number of hydrogen-bond acceptors (Lipinski definition) is 6. The third-order valence-corrected chi connectivity index (χ3v) is 12.9. The molecule has 0 fully saturated rings. The standard InChI is InChI=1S/C51H34N4OS/c1-3-13-31(14-4-1)33-17-11-18-35(29-33)55-41-22-9-7-20-38(41)47-42(55)28-27-39-46-40(21-12-23-43(46)56-48(39)47)51-53-49(32-15-5-2-6-16-32)52-50(54-51)34-25-26-37-36-19-8-10-24-44(36)57-45(37)30-34/h1-19,21-30,38-39,48H,20H2. The lowest BCUT2D eigenvalue weighted by Gasteiger charge is -2.27. The fourth-order valence-electron chi connectivity index (χ4n) is 9.24. The van der Waals surface area contributed by atoms with Crippen LogP contribution in [0.15, 0.2) is 193 Å². The van der Waals surface area contributed by atoms with Gasteiger partial charge in [0.05, 0.1) is 0 Å². The van der Waals surface area contributed by atoms with Gasteiger partial charge in [-0.05, 0) is 60.0 Å². The molecule has 0 saturated heterocycles. The number of hydrogen-bond donors (Lipinski definition) is 0. The van der Waals surface area contributed by atoms with Gasteiger partial charge in [-0.25, -0.2) is 15.0 Å². The van der Waals surface area contributed by atoms with E-state index in [0.29, 0.717) is 17.5 Å². The molecule has 8 aromatic rings. The van der Waals surface area contributed by atoms with Gasteiger partial charge in [-0.1, -0.05) is 133 Å². The molecule has 2 aromatic heterocycles. The summed E-state index contributed by atoms with van der Waals surface area (Å²) in [5, 5.41) is 2.52. The van der Waals surface area contributed by atoms with E-state index in [1.807, 2.05) is 18.2 Å². The van der Waals surface area contributed by atoms with Crippen LogP contribution in [0.1, 0.15) is 17.9 Å². The third kappa shape index (κ3) is 5.18. The zero-order valence-corrected chi connectivity index (χ0v) is 31.6. The van der Waals surface area contributed by atoms with Crippen molar-refractivity contribution in [2.75, 3.05) is 4.90 Å². The van der Waals surface area contributed by atoms with E-state index < -0.39 is 0 Å². The average molecular weight is 751 g/mol. The summed E-state index contributed by atoms with van der Waals surface area (Å²) >= 11 is 1.80. The quantitative estimate of drug-likeness (QED) is 0.175. The predicted octanol–water partition coefficient (Wildman–Crippen LogP) is 12.6. The van der Waals surface area contributed by atoms with Gasteiger partial charge in [0.1, 0.15) is 11.9 Å². The summed E-state index contributed by atoms with van der Waals surface area (Å²) in [7, 11) is 0. The van der Waals surface area contributed by atoms with Crippen LogP contribution in [0.4, 0.5) is 5.69 Å². The highest BCUT2D eigenvalue weighted by atomic mass is 32.1. The van der Waals surface area contributed by atoms with E-state index in [1.165, 1.54) is 48.3 Å². The Balaban J connectivity index is 0.968. The first kappa shape index (κ1) is 32.4. The first-order valence-corrected chi connectivity index (χ1v) is 20.3. The van der Waals surface area contributed by atoms with Crippen molar-refractivity contribution in [3.05, 3.63) is 199 Å². The van der Waals surface area contributed by atoms with Crippen molar-refractivity contribution >= 4 is 37.2 Å². The molecule has 4 heterocycles. The molecule has 6 aromatic carbocycles. The Morgan fingerprint density at radius 2 is 1.35 bits per heavy atom. The summed E-state index contributed by atoms with van der Waals surface area (Å²) in [5.41, 5.74) is 11.4. The molecule has 0 amide bonds. The van der Waals surface area contributed by atoms with Gasteiger partial charge in [0, 0.05) is 76.9 Å². The molecule has 0 saturated carbocycles. The number of rotatable bonds is 5. The summed E-state index contributed by atoms with van der Waals surface area (Å²) < 4.78 is 9.55. The fraction of sp³-hybridized carbons (Fsp3) is 0.0784. The number of fused-ring (bicyclic) bond motifs is 9. The van der Waals surface area contributed by atoms with Crippen LogP contribution in [-0.2, 0) is 0 Å². The van der Waals surface area contributed by atoms with Gasteiger partial charge < -0.3 is 9.64 Å². The monoisotopic (exact) mass is 750 g/mol. The molecule has 2 aliphatic carbocycles. The Bertz CT molecular complexity index is 3050. The van der Waals surface area contributed by atoms with E-state index in [0.717, 1.165) is 40.1 Å². The molecule has 12 rings (SSSR count). The summed E-state index contributed by atoms with van der Waals surface area (Å²) in [4.78, 5) is 18.0. The number of anilines is 1. The number of aromatic nitrogens is 3. The lowest BCUT2D eigenvalue weighted by atomic mass is 9.78. The normalized spacial score (nSPS) is 19.0. The third-order valence-electron chi connectivity index (χ3n) is 11.8. The molecule has 5 nitrogen and oxygen atoms in total. The Labute approximate surface area is 334 Å². The molecule has 3 unspecified atom stereocenters. The van der Waals surface area contributed by atoms with E-state index in [4.69, 9.17) is 19.7 Å². The van der Waals surface area contributed by atoms with Gasteiger partial charge in [0.15, 0.2) is 17.5 Å². The van der Waals surface area contributed by atoms with Crippen molar-refractivity contribution in [2.24, 2.45) is 5.92 Å². The topological polar surface area (TPSA) is 51.1 Å². The molecular weight excluding hydrogens is 717 g/mol. The van der Waals surface area contributed by atoms with Crippen molar-refractivity contribution in [1.82, 2.24) is 15.0 Å². The average Bonchev–Trinajstić information content (AvgIpc) is 3.96. The second kappa shape index (κ2) is 12.8. The smallest absolute Gasteiger partial charge is 0.164 e. The van der Waals surface area contributed by atoms with Gasteiger partial charge >= 0.3 is 0 Å². The molecule has 0 spiro atoms. The van der Waals surface area contributed by atoms with Crippen LogP contribution in [-0.4, -0.2) is 21.1 Å². The summed E-state index contributed by atoms with van der Waals surface area (Å²) in [6, 6.07) is 51.2. The van der Waals surface area contributed by atoms with E-state index >= 15 is 0 Å². The number of benzene rings is 6. The van der Waals surface area contributed by atoms with Gasteiger partial charge in [-0.2, -0.15) is 0 Å². The maximum atomic E-state index is 7.06. The molecule has 2 aliphatic heterocycles. The Morgan fingerprint density at radius 1 is 0.614 bits per heavy atom. The number of nitrogens with zero attached hydrogens (tertiary/aromatic N) is 4. The van der Waals surface area contributed by atoms with Crippen LogP contribution < -0.4 is 9.64 Å². The molecule has 0 N–H and O–H groups in total. The van der Waals surface area contributed by atoms with E-state index in [9.17, 15) is 0 Å². The zero-order valence-electron chi connectivity index (χ0n) is 30.8. The second-order valence-corrected chi connectivity index (χ2v) is 16.1. The molecule has 0 radical (unpaired) electrons. The van der Waals surface area contributed by atoms with Crippen LogP contribution in [0.5, 0.6) is 5.75 Å². The molecule has 0 bridgehead atoms.